The third kappa shape index (κ3) is 5.48. The predicted octanol–water partition coefficient (Wildman–Crippen LogP) is 5.83. The molecule has 2 aromatic carbocycles. The molecule has 0 bridgehead atoms. The van der Waals surface area contributed by atoms with Gasteiger partial charge in [-0.2, -0.15) is 9.64 Å². The van der Waals surface area contributed by atoms with E-state index in [0.29, 0.717) is 34.6 Å². The minimum absolute atomic E-state index is 0.0772. The summed E-state index contributed by atoms with van der Waals surface area (Å²) in [5.74, 6) is 2.66. The number of benzene rings is 2. The first-order valence-corrected chi connectivity index (χ1v) is 12.9. The summed E-state index contributed by atoms with van der Waals surface area (Å²) < 4.78 is 10.7. The fourth-order valence-electron chi connectivity index (χ4n) is 3.85. The van der Waals surface area contributed by atoms with Crippen molar-refractivity contribution in [1.29, 1.82) is 5.26 Å². The van der Waals surface area contributed by atoms with Crippen molar-refractivity contribution >= 4 is 40.2 Å². The van der Waals surface area contributed by atoms with Crippen LogP contribution >= 0.6 is 23.3 Å². The van der Waals surface area contributed by atoms with Gasteiger partial charge < -0.3 is 15.0 Å². The van der Waals surface area contributed by atoms with Crippen LogP contribution in [0.3, 0.4) is 0 Å². The number of para-hydroxylation sites is 1. The molecule has 8 nitrogen and oxygen atoms in total. The maximum atomic E-state index is 11.7. The van der Waals surface area contributed by atoms with E-state index in [4.69, 9.17) is 4.74 Å². The van der Waals surface area contributed by atoms with Crippen molar-refractivity contribution in [3.05, 3.63) is 78.2 Å². The van der Waals surface area contributed by atoms with Gasteiger partial charge in [0.15, 0.2) is 11.6 Å². The first kappa shape index (κ1) is 23.8. The molecule has 10 heteroatoms. The monoisotopic (exact) mass is 514 g/mol. The number of anilines is 2. The van der Waals surface area contributed by atoms with Crippen LogP contribution in [0.4, 0.5) is 10.9 Å². The average Bonchev–Trinajstić information content (AvgIpc) is 3.57. The van der Waals surface area contributed by atoms with Crippen LogP contribution in [0.15, 0.2) is 76.7 Å². The van der Waals surface area contributed by atoms with E-state index in [1.165, 1.54) is 23.3 Å². The number of carbonyl (C=O) groups is 1. The van der Waals surface area contributed by atoms with Gasteiger partial charge in [0.05, 0.1) is 5.56 Å². The van der Waals surface area contributed by atoms with Gasteiger partial charge in [0.1, 0.15) is 17.6 Å². The molecule has 1 unspecified atom stereocenters. The molecule has 1 N–H and O–H groups in total. The second-order valence-electron chi connectivity index (χ2n) is 8.18. The predicted molar refractivity (Wildman–Crippen MR) is 139 cm³/mol. The fraction of sp³-hybridized carbons (Fsp3) is 0.192. The molecule has 1 saturated heterocycles. The Morgan fingerprint density at radius 2 is 2.03 bits per heavy atom. The van der Waals surface area contributed by atoms with Crippen molar-refractivity contribution in [3.8, 4) is 17.6 Å². The molecular weight excluding hydrogens is 492 g/mol. The van der Waals surface area contributed by atoms with Gasteiger partial charge in [-0.15, -0.1) is 0 Å². The molecule has 1 atom stereocenters. The molecule has 36 heavy (non-hydrogen) atoms. The van der Waals surface area contributed by atoms with Crippen LogP contribution in [-0.4, -0.2) is 38.2 Å². The number of hydrogen-bond donors (Lipinski definition) is 1. The Kier molecular flexibility index (Phi) is 7.11. The summed E-state index contributed by atoms with van der Waals surface area (Å²) in [6, 6.07) is 21.0. The molecule has 0 saturated carbocycles. The van der Waals surface area contributed by atoms with Crippen molar-refractivity contribution in [3.63, 3.8) is 0 Å². The van der Waals surface area contributed by atoms with Crippen LogP contribution < -0.4 is 10.1 Å². The smallest absolute Gasteiger partial charge is 0.219 e. The zero-order valence-electron chi connectivity index (χ0n) is 19.4. The number of nitrogens with zero attached hydrogens (tertiary/aromatic N) is 5. The lowest BCUT2D eigenvalue weighted by Crippen LogP contribution is -2.25. The van der Waals surface area contributed by atoms with E-state index in [1.54, 1.807) is 19.2 Å². The summed E-state index contributed by atoms with van der Waals surface area (Å²) in [4.78, 5) is 24.5. The molecule has 1 fully saturated rings. The van der Waals surface area contributed by atoms with Gasteiger partial charge in [-0.1, -0.05) is 42.1 Å². The molecule has 1 amide bonds. The molecule has 2 aromatic heterocycles. The summed E-state index contributed by atoms with van der Waals surface area (Å²) in [6.45, 7) is 2.96. The van der Waals surface area contributed by atoms with Gasteiger partial charge in [-0.25, -0.2) is 9.97 Å². The van der Waals surface area contributed by atoms with Crippen LogP contribution in [0.1, 0.15) is 30.7 Å². The number of amides is 1. The lowest BCUT2D eigenvalue weighted by atomic mass is 10.1. The highest BCUT2D eigenvalue weighted by molar-refractivity contribution is 7.99. The largest absolute Gasteiger partial charge is 0.453 e. The molecule has 4 aromatic rings. The van der Waals surface area contributed by atoms with Gasteiger partial charge in [-0.3, -0.25) is 4.79 Å². The Labute approximate surface area is 217 Å². The van der Waals surface area contributed by atoms with E-state index in [1.807, 2.05) is 59.5 Å². The summed E-state index contributed by atoms with van der Waals surface area (Å²) in [6.07, 6.45) is 2.59. The average molecular weight is 515 g/mol. The zero-order valence-corrected chi connectivity index (χ0v) is 21.1. The Bertz CT molecular complexity index is 1420. The number of likely N-dealkylation sites (tertiary alicyclic amines) is 1. The Morgan fingerprint density at radius 3 is 2.81 bits per heavy atom. The standard InChI is InChI=1S/C26H22N6O2S2/c1-17(33)32-12-11-19(16-32)24-29-26(36-31-24)30-25-22(34-20-8-3-2-4-9-20)13-21(15-28-25)35-23-10-6-5-7-18(23)14-27/h2-10,13,15,19H,11-12,16H2,1H3,(H,28,29,30,31). The Balaban J connectivity index is 1.39. The Morgan fingerprint density at radius 1 is 1.22 bits per heavy atom. The third-order valence-corrected chi connectivity index (χ3v) is 7.38. The number of carbonyl (C=O) groups excluding carboxylic acids is 1. The van der Waals surface area contributed by atoms with E-state index >= 15 is 0 Å². The van der Waals surface area contributed by atoms with E-state index in [0.717, 1.165) is 28.6 Å². The second kappa shape index (κ2) is 10.8. The number of pyridine rings is 1. The van der Waals surface area contributed by atoms with Crippen molar-refractivity contribution in [2.75, 3.05) is 18.4 Å². The van der Waals surface area contributed by atoms with Crippen LogP contribution in [0.2, 0.25) is 0 Å². The second-order valence-corrected chi connectivity index (χ2v) is 10.0. The topological polar surface area (TPSA) is 104 Å². The van der Waals surface area contributed by atoms with Gasteiger partial charge in [0, 0.05) is 59.5 Å². The SMILES string of the molecule is CC(=O)N1CCC(c2nsc(Nc3ncc(Sc4ccccc4C#N)cc3Oc3ccccc3)n2)C1. The summed E-state index contributed by atoms with van der Waals surface area (Å²) in [5.41, 5.74) is 0.604. The summed E-state index contributed by atoms with van der Waals surface area (Å²) in [7, 11) is 0. The molecular formula is C26H22N6O2S2. The first-order chi connectivity index (χ1) is 17.6. The van der Waals surface area contributed by atoms with Crippen LogP contribution in [0.5, 0.6) is 11.5 Å². The molecule has 3 heterocycles. The number of aromatic nitrogens is 3. The van der Waals surface area contributed by atoms with E-state index < -0.39 is 0 Å². The van der Waals surface area contributed by atoms with E-state index in [-0.39, 0.29) is 11.8 Å². The van der Waals surface area contributed by atoms with Crippen molar-refractivity contribution in [1.82, 2.24) is 19.2 Å². The molecule has 1 aliphatic heterocycles. The highest BCUT2D eigenvalue weighted by atomic mass is 32.2. The van der Waals surface area contributed by atoms with Gasteiger partial charge >= 0.3 is 0 Å². The Hall–Kier alpha value is -3.94. The number of ether oxygens (including phenoxy) is 1. The minimum atomic E-state index is 0.0772. The van der Waals surface area contributed by atoms with Crippen LogP contribution in [0, 0.1) is 11.3 Å². The van der Waals surface area contributed by atoms with Gasteiger partial charge in [-0.05, 0) is 30.7 Å². The van der Waals surface area contributed by atoms with Gasteiger partial charge in [0.2, 0.25) is 11.0 Å². The first-order valence-electron chi connectivity index (χ1n) is 11.3. The maximum Gasteiger partial charge on any atom is 0.219 e. The normalized spacial score (nSPS) is 14.9. The van der Waals surface area contributed by atoms with Crippen LogP contribution in [-0.2, 0) is 4.79 Å². The van der Waals surface area contributed by atoms with E-state index in [2.05, 4.69) is 25.7 Å². The molecule has 5 rings (SSSR count). The molecule has 0 spiro atoms. The lowest BCUT2D eigenvalue weighted by molar-refractivity contribution is -0.127. The molecule has 1 aliphatic rings. The quantitative estimate of drug-likeness (QED) is 0.329. The number of hydrogen-bond acceptors (Lipinski definition) is 9. The zero-order chi connectivity index (χ0) is 24.9. The lowest BCUT2D eigenvalue weighted by Gasteiger charge is -2.13. The highest BCUT2D eigenvalue weighted by Gasteiger charge is 2.28. The fourth-order valence-corrected chi connectivity index (χ4v) is 5.40. The van der Waals surface area contributed by atoms with Crippen molar-refractivity contribution < 1.29 is 9.53 Å². The van der Waals surface area contributed by atoms with Crippen molar-refractivity contribution in [2.45, 2.75) is 29.1 Å². The third-order valence-electron chi connectivity index (χ3n) is 5.70. The molecule has 0 aliphatic carbocycles. The number of nitriles is 1. The number of nitrogens with one attached hydrogen (secondary N) is 1. The van der Waals surface area contributed by atoms with Crippen LogP contribution in [0.25, 0.3) is 0 Å². The summed E-state index contributed by atoms with van der Waals surface area (Å²) in [5, 5.41) is 13.3. The minimum Gasteiger partial charge on any atom is -0.453 e. The number of rotatable bonds is 7. The van der Waals surface area contributed by atoms with E-state index in [9.17, 15) is 10.1 Å². The van der Waals surface area contributed by atoms with Crippen molar-refractivity contribution in [2.24, 2.45) is 0 Å². The highest BCUT2D eigenvalue weighted by Crippen LogP contribution is 2.37. The summed E-state index contributed by atoms with van der Waals surface area (Å²) >= 11 is 2.71. The molecule has 180 valence electrons. The maximum absolute atomic E-state index is 11.7. The molecule has 0 radical (unpaired) electrons. The van der Waals surface area contributed by atoms with Gasteiger partial charge in [0.25, 0.3) is 0 Å².